The molecule has 0 aliphatic carbocycles. The quantitative estimate of drug-likeness (QED) is 0.143. The number of hydrogen-bond donors (Lipinski definition) is 0. The monoisotopic (exact) mass is 744 g/mol. The summed E-state index contributed by atoms with van der Waals surface area (Å²) in [5.74, 6) is 0. The van der Waals surface area contributed by atoms with Crippen LogP contribution in [-0.4, -0.2) is 0 Å². The van der Waals surface area contributed by atoms with Crippen molar-refractivity contribution in [2.24, 2.45) is 0 Å². The Morgan fingerprint density at radius 3 is 0.914 bits per heavy atom. The SMILES string of the molecule is Cc1ccc(-c2cc(N(c3ccccc3)c3ccc(C)cc3)c3ccc4c(-c5ccc(C)cc5)cc(N(c5ccccc5)c5ccc(C)cc5)c5ccc2c3c45)cc1. The zero-order valence-corrected chi connectivity index (χ0v) is 33.4. The molecular formula is C56H44N2. The summed E-state index contributed by atoms with van der Waals surface area (Å²) in [6.45, 7) is 8.63. The van der Waals surface area contributed by atoms with E-state index in [4.69, 9.17) is 0 Å². The predicted molar refractivity (Wildman–Crippen MR) is 249 cm³/mol. The molecule has 2 nitrogen and oxygen atoms in total. The lowest BCUT2D eigenvalue weighted by atomic mass is 9.85. The number of nitrogens with zero attached hydrogens (tertiary/aromatic N) is 2. The van der Waals surface area contributed by atoms with Gasteiger partial charge < -0.3 is 9.80 Å². The van der Waals surface area contributed by atoms with Gasteiger partial charge in [0.05, 0.1) is 11.4 Å². The van der Waals surface area contributed by atoms with Crippen LogP contribution in [-0.2, 0) is 0 Å². The maximum Gasteiger partial charge on any atom is 0.0546 e. The molecule has 0 spiro atoms. The van der Waals surface area contributed by atoms with E-state index in [-0.39, 0.29) is 0 Å². The molecule has 0 N–H and O–H groups in total. The minimum Gasteiger partial charge on any atom is -0.310 e. The summed E-state index contributed by atoms with van der Waals surface area (Å²) < 4.78 is 0. The van der Waals surface area contributed by atoms with Crippen molar-refractivity contribution in [1.29, 1.82) is 0 Å². The van der Waals surface area contributed by atoms with Crippen molar-refractivity contribution in [2.45, 2.75) is 27.7 Å². The maximum atomic E-state index is 2.44. The molecule has 10 aromatic rings. The molecule has 0 atom stereocenters. The van der Waals surface area contributed by atoms with E-state index >= 15 is 0 Å². The first-order valence-corrected chi connectivity index (χ1v) is 20.2. The normalized spacial score (nSPS) is 11.4. The molecule has 0 radical (unpaired) electrons. The van der Waals surface area contributed by atoms with Crippen molar-refractivity contribution in [3.05, 3.63) is 216 Å². The summed E-state index contributed by atoms with van der Waals surface area (Å²) in [5.41, 5.74) is 16.6. The number of rotatable bonds is 8. The minimum absolute atomic E-state index is 1.12. The van der Waals surface area contributed by atoms with Gasteiger partial charge in [-0.1, -0.05) is 156 Å². The fraction of sp³-hybridized carbons (Fsp3) is 0.0714. The second-order valence-corrected chi connectivity index (χ2v) is 15.7. The van der Waals surface area contributed by atoms with Crippen molar-refractivity contribution >= 4 is 66.4 Å². The molecule has 10 aromatic carbocycles. The van der Waals surface area contributed by atoms with Gasteiger partial charge in [-0.3, -0.25) is 0 Å². The van der Waals surface area contributed by atoms with Gasteiger partial charge in [0.2, 0.25) is 0 Å². The van der Waals surface area contributed by atoms with Crippen LogP contribution in [0.1, 0.15) is 22.3 Å². The Morgan fingerprint density at radius 2 is 0.569 bits per heavy atom. The third-order valence-corrected chi connectivity index (χ3v) is 11.7. The summed E-state index contributed by atoms with van der Waals surface area (Å²) in [7, 11) is 0. The van der Waals surface area contributed by atoms with Crippen LogP contribution < -0.4 is 9.80 Å². The predicted octanol–water partition coefficient (Wildman–Crippen LogP) is 16.1. The second kappa shape index (κ2) is 14.4. The van der Waals surface area contributed by atoms with E-state index in [1.807, 2.05) is 0 Å². The van der Waals surface area contributed by atoms with Gasteiger partial charge >= 0.3 is 0 Å². The third kappa shape index (κ3) is 6.15. The standard InChI is InChI=1S/C56H44N2/c1-37-15-23-41(24-16-37)51-35-53(57(43-11-7-5-8-12-43)45-27-19-39(3)20-28-45)49-34-32-48-52(42-25-17-38(2)18-26-42)36-54(50-33-31-47(51)55(49)56(48)50)58(44-13-9-6-10-14-44)46-29-21-40(4)22-30-46/h5-36H,1-4H3. The highest BCUT2D eigenvalue weighted by molar-refractivity contribution is 6.32. The van der Waals surface area contributed by atoms with Gasteiger partial charge in [-0.05, 0) is 121 Å². The Balaban J connectivity index is 1.38. The van der Waals surface area contributed by atoms with Crippen LogP contribution in [0.2, 0.25) is 0 Å². The summed E-state index contributed by atoms with van der Waals surface area (Å²) >= 11 is 0. The van der Waals surface area contributed by atoms with Crippen LogP contribution in [0.25, 0.3) is 54.6 Å². The van der Waals surface area contributed by atoms with Crippen LogP contribution in [0.5, 0.6) is 0 Å². The zero-order valence-electron chi connectivity index (χ0n) is 33.4. The van der Waals surface area contributed by atoms with Crippen molar-refractivity contribution in [3.8, 4) is 22.3 Å². The molecule has 0 fully saturated rings. The zero-order chi connectivity index (χ0) is 39.3. The van der Waals surface area contributed by atoms with E-state index < -0.39 is 0 Å². The molecular weight excluding hydrogens is 701 g/mol. The first-order valence-electron chi connectivity index (χ1n) is 20.2. The lowest BCUT2D eigenvalue weighted by molar-refractivity contribution is 1.29. The van der Waals surface area contributed by atoms with E-state index in [1.54, 1.807) is 0 Å². The number of benzene rings is 10. The molecule has 0 heterocycles. The average Bonchev–Trinajstić information content (AvgIpc) is 3.26. The molecule has 0 aliphatic rings. The smallest absolute Gasteiger partial charge is 0.0546 e. The van der Waals surface area contributed by atoms with Gasteiger partial charge in [0.25, 0.3) is 0 Å². The minimum atomic E-state index is 1.12. The number of para-hydroxylation sites is 2. The molecule has 0 saturated carbocycles. The molecule has 0 aliphatic heterocycles. The first-order chi connectivity index (χ1) is 28.4. The van der Waals surface area contributed by atoms with Crippen molar-refractivity contribution in [3.63, 3.8) is 0 Å². The highest BCUT2D eigenvalue weighted by Crippen LogP contribution is 2.52. The van der Waals surface area contributed by atoms with Crippen LogP contribution >= 0.6 is 0 Å². The molecule has 0 amide bonds. The molecule has 0 saturated heterocycles. The third-order valence-electron chi connectivity index (χ3n) is 11.7. The van der Waals surface area contributed by atoms with Crippen molar-refractivity contribution in [1.82, 2.24) is 0 Å². The summed E-state index contributed by atoms with van der Waals surface area (Å²) in [6, 6.07) is 71.8. The fourth-order valence-corrected chi connectivity index (χ4v) is 8.67. The number of hydrogen-bond acceptors (Lipinski definition) is 2. The molecule has 278 valence electrons. The van der Waals surface area contributed by atoms with E-state index in [0.717, 1.165) is 34.1 Å². The van der Waals surface area contributed by atoms with Crippen LogP contribution in [0.3, 0.4) is 0 Å². The summed E-state index contributed by atoms with van der Waals surface area (Å²) in [4.78, 5) is 4.88. The second-order valence-electron chi connectivity index (χ2n) is 15.7. The summed E-state index contributed by atoms with van der Waals surface area (Å²) in [6.07, 6.45) is 0. The van der Waals surface area contributed by atoms with Gasteiger partial charge in [0.1, 0.15) is 0 Å². The lowest BCUT2D eigenvalue weighted by Gasteiger charge is -2.31. The van der Waals surface area contributed by atoms with Gasteiger partial charge in [0, 0.05) is 44.3 Å². The molecule has 0 unspecified atom stereocenters. The van der Waals surface area contributed by atoms with Crippen molar-refractivity contribution in [2.75, 3.05) is 9.80 Å². The number of anilines is 6. The van der Waals surface area contributed by atoms with Crippen LogP contribution in [0.15, 0.2) is 194 Å². The van der Waals surface area contributed by atoms with E-state index in [2.05, 4.69) is 232 Å². The number of aryl methyl sites for hydroxylation is 4. The molecule has 0 bridgehead atoms. The molecule has 2 heteroatoms. The Morgan fingerprint density at radius 1 is 0.276 bits per heavy atom. The van der Waals surface area contributed by atoms with Crippen LogP contribution in [0.4, 0.5) is 34.1 Å². The largest absolute Gasteiger partial charge is 0.310 e. The Hall–Kier alpha value is -7.16. The molecule has 58 heavy (non-hydrogen) atoms. The lowest BCUT2D eigenvalue weighted by Crippen LogP contribution is -2.12. The van der Waals surface area contributed by atoms with E-state index in [0.29, 0.717) is 0 Å². The van der Waals surface area contributed by atoms with Gasteiger partial charge in [0.15, 0.2) is 0 Å². The van der Waals surface area contributed by atoms with Gasteiger partial charge in [-0.25, -0.2) is 0 Å². The van der Waals surface area contributed by atoms with Gasteiger partial charge in [-0.15, -0.1) is 0 Å². The molecule has 0 aromatic heterocycles. The Bertz CT molecular complexity index is 2830. The topological polar surface area (TPSA) is 6.48 Å². The van der Waals surface area contributed by atoms with Crippen molar-refractivity contribution < 1.29 is 0 Å². The highest BCUT2D eigenvalue weighted by Gasteiger charge is 2.25. The molecule has 10 rings (SSSR count). The van der Waals surface area contributed by atoms with Crippen LogP contribution in [0, 0.1) is 27.7 Å². The fourth-order valence-electron chi connectivity index (χ4n) is 8.67. The first kappa shape index (κ1) is 35.3. The van der Waals surface area contributed by atoms with Gasteiger partial charge in [-0.2, -0.15) is 0 Å². The maximum absolute atomic E-state index is 2.44. The van der Waals surface area contributed by atoms with E-state index in [9.17, 15) is 0 Å². The Kier molecular flexibility index (Phi) is 8.76. The highest BCUT2D eigenvalue weighted by atomic mass is 15.1. The average molecular weight is 745 g/mol. The van der Waals surface area contributed by atoms with E-state index in [1.165, 1.54) is 76.8 Å². The Labute approximate surface area is 341 Å². The summed E-state index contributed by atoms with van der Waals surface area (Å²) in [5, 5.41) is 7.44.